The molecule has 2 aromatic carbocycles. The molecule has 0 saturated carbocycles. The van der Waals surface area contributed by atoms with E-state index >= 15 is 0 Å². The molecular weight excluding hydrogens is 356 g/mol. The number of nitrogens with one attached hydrogen (secondary N) is 2. The molecule has 1 amide bonds. The summed E-state index contributed by atoms with van der Waals surface area (Å²) in [4.78, 5) is 15.4. The lowest BCUT2D eigenvalue weighted by Crippen LogP contribution is -2.25. The van der Waals surface area contributed by atoms with E-state index in [2.05, 4.69) is 26.2 Å². The molecule has 0 aliphatic heterocycles. The van der Waals surface area contributed by atoms with E-state index < -0.39 is 0 Å². The van der Waals surface area contributed by atoms with Gasteiger partial charge < -0.3 is 15.0 Å². The average Bonchev–Trinajstić information content (AvgIpc) is 2.97. The highest BCUT2D eigenvalue weighted by atomic mass is 79.9. The number of benzene rings is 2. The van der Waals surface area contributed by atoms with Crippen molar-refractivity contribution in [1.29, 1.82) is 0 Å². The molecular formula is C18H17BrN2O2. The van der Waals surface area contributed by atoms with Gasteiger partial charge in [0.1, 0.15) is 5.75 Å². The fourth-order valence-corrected chi connectivity index (χ4v) is 3.01. The van der Waals surface area contributed by atoms with Gasteiger partial charge in [0.25, 0.3) is 5.91 Å². The number of carbonyl (C=O) groups excluding carboxylic acids is 1. The number of aromatic amines is 1. The van der Waals surface area contributed by atoms with Crippen molar-refractivity contribution in [3.63, 3.8) is 0 Å². The van der Waals surface area contributed by atoms with E-state index in [1.807, 2.05) is 42.6 Å². The molecule has 3 aromatic rings. The molecule has 0 aliphatic carbocycles. The first-order valence-electron chi connectivity index (χ1n) is 7.36. The van der Waals surface area contributed by atoms with Gasteiger partial charge in [0.05, 0.1) is 12.7 Å². The van der Waals surface area contributed by atoms with Crippen LogP contribution in [0.15, 0.2) is 53.1 Å². The molecule has 0 spiro atoms. The standard InChI is InChI=1S/C18H17BrN2O2/c1-23-13-6-7-17-15(10-13)12(11-21-17)8-9-20-18(22)14-4-2-3-5-16(14)19/h2-7,10-11,21H,8-9H2,1H3,(H,20,22). The number of aromatic nitrogens is 1. The Kier molecular flexibility index (Phi) is 4.67. The number of hydrogen-bond acceptors (Lipinski definition) is 2. The van der Waals surface area contributed by atoms with Crippen molar-refractivity contribution in [2.45, 2.75) is 6.42 Å². The first-order valence-corrected chi connectivity index (χ1v) is 8.15. The first kappa shape index (κ1) is 15.6. The largest absolute Gasteiger partial charge is 0.497 e. The van der Waals surface area contributed by atoms with Crippen LogP contribution in [0.4, 0.5) is 0 Å². The van der Waals surface area contributed by atoms with Crippen molar-refractivity contribution in [2.24, 2.45) is 0 Å². The Morgan fingerprint density at radius 2 is 2.09 bits per heavy atom. The predicted octanol–water partition coefficient (Wildman–Crippen LogP) is 3.91. The molecule has 1 aromatic heterocycles. The van der Waals surface area contributed by atoms with Gasteiger partial charge in [-0.1, -0.05) is 12.1 Å². The van der Waals surface area contributed by atoms with Crippen LogP contribution in [0.5, 0.6) is 5.75 Å². The van der Waals surface area contributed by atoms with Gasteiger partial charge in [-0.25, -0.2) is 0 Å². The highest BCUT2D eigenvalue weighted by molar-refractivity contribution is 9.10. The Morgan fingerprint density at radius 1 is 1.26 bits per heavy atom. The Morgan fingerprint density at radius 3 is 2.87 bits per heavy atom. The van der Waals surface area contributed by atoms with E-state index in [-0.39, 0.29) is 5.91 Å². The van der Waals surface area contributed by atoms with Crippen LogP contribution in [0.25, 0.3) is 10.9 Å². The number of methoxy groups -OCH3 is 1. The molecule has 0 atom stereocenters. The summed E-state index contributed by atoms with van der Waals surface area (Å²) in [6.45, 7) is 0.574. The monoisotopic (exact) mass is 372 g/mol. The van der Waals surface area contributed by atoms with Crippen LogP contribution < -0.4 is 10.1 Å². The van der Waals surface area contributed by atoms with Crippen LogP contribution in [-0.4, -0.2) is 24.5 Å². The molecule has 0 bridgehead atoms. The van der Waals surface area contributed by atoms with Gasteiger partial charge in [-0.05, 0) is 58.2 Å². The van der Waals surface area contributed by atoms with Gasteiger partial charge in [0.15, 0.2) is 0 Å². The minimum atomic E-state index is -0.0742. The van der Waals surface area contributed by atoms with E-state index in [1.165, 1.54) is 0 Å². The molecule has 23 heavy (non-hydrogen) atoms. The Labute approximate surface area is 143 Å². The minimum Gasteiger partial charge on any atom is -0.497 e. The van der Waals surface area contributed by atoms with Crippen molar-refractivity contribution < 1.29 is 9.53 Å². The molecule has 1 heterocycles. The zero-order valence-corrected chi connectivity index (χ0v) is 14.3. The number of hydrogen-bond donors (Lipinski definition) is 2. The summed E-state index contributed by atoms with van der Waals surface area (Å²) in [7, 11) is 1.66. The highest BCUT2D eigenvalue weighted by Gasteiger charge is 2.09. The maximum atomic E-state index is 12.2. The summed E-state index contributed by atoms with van der Waals surface area (Å²) >= 11 is 3.40. The molecule has 0 radical (unpaired) electrons. The topological polar surface area (TPSA) is 54.1 Å². The normalized spacial score (nSPS) is 10.7. The van der Waals surface area contributed by atoms with Gasteiger partial charge in [-0.3, -0.25) is 4.79 Å². The zero-order chi connectivity index (χ0) is 16.2. The fourth-order valence-electron chi connectivity index (χ4n) is 2.54. The summed E-state index contributed by atoms with van der Waals surface area (Å²) in [5.74, 6) is 0.755. The van der Waals surface area contributed by atoms with Gasteiger partial charge in [-0.15, -0.1) is 0 Å². The van der Waals surface area contributed by atoms with Crippen molar-refractivity contribution in [3.8, 4) is 5.75 Å². The maximum Gasteiger partial charge on any atom is 0.252 e. The zero-order valence-electron chi connectivity index (χ0n) is 12.7. The number of H-pyrrole nitrogens is 1. The Balaban J connectivity index is 1.67. The predicted molar refractivity (Wildman–Crippen MR) is 95.0 cm³/mol. The van der Waals surface area contributed by atoms with E-state index in [0.29, 0.717) is 12.1 Å². The SMILES string of the molecule is COc1ccc2[nH]cc(CCNC(=O)c3ccccc3Br)c2c1. The average molecular weight is 373 g/mol. The van der Waals surface area contributed by atoms with Crippen LogP contribution in [0.2, 0.25) is 0 Å². The Hall–Kier alpha value is -2.27. The van der Waals surface area contributed by atoms with Crippen LogP contribution in [0.3, 0.4) is 0 Å². The third-order valence-corrected chi connectivity index (χ3v) is 4.46. The number of rotatable bonds is 5. The lowest BCUT2D eigenvalue weighted by atomic mass is 10.1. The van der Waals surface area contributed by atoms with Crippen molar-refractivity contribution in [2.75, 3.05) is 13.7 Å². The van der Waals surface area contributed by atoms with E-state index in [4.69, 9.17) is 4.74 Å². The minimum absolute atomic E-state index is 0.0742. The maximum absolute atomic E-state index is 12.2. The third kappa shape index (κ3) is 3.40. The van der Waals surface area contributed by atoms with Gasteiger partial charge >= 0.3 is 0 Å². The number of fused-ring (bicyclic) bond motifs is 1. The van der Waals surface area contributed by atoms with Crippen LogP contribution >= 0.6 is 15.9 Å². The van der Waals surface area contributed by atoms with Crippen molar-refractivity contribution in [1.82, 2.24) is 10.3 Å². The quantitative estimate of drug-likeness (QED) is 0.713. The molecule has 3 rings (SSSR count). The summed E-state index contributed by atoms with van der Waals surface area (Å²) < 4.78 is 6.07. The van der Waals surface area contributed by atoms with E-state index in [9.17, 15) is 4.79 Å². The van der Waals surface area contributed by atoms with Crippen LogP contribution in [0, 0.1) is 0 Å². The molecule has 0 unspecified atom stereocenters. The molecule has 118 valence electrons. The highest BCUT2D eigenvalue weighted by Crippen LogP contribution is 2.23. The fraction of sp³-hybridized carbons (Fsp3) is 0.167. The van der Waals surface area contributed by atoms with Gasteiger partial charge in [0.2, 0.25) is 0 Å². The summed E-state index contributed by atoms with van der Waals surface area (Å²) in [5, 5.41) is 4.08. The van der Waals surface area contributed by atoms with Gasteiger partial charge in [0, 0.05) is 28.1 Å². The molecule has 0 aliphatic rings. The number of ether oxygens (including phenoxy) is 1. The van der Waals surface area contributed by atoms with Crippen molar-refractivity contribution in [3.05, 3.63) is 64.3 Å². The number of halogens is 1. The smallest absolute Gasteiger partial charge is 0.252 e. The van der Waals surface area contributed by atoms with Crippen molar-refractivity contribution >= 4 is 32.7 Å². The molecule has 2 N–H and O–H groups in total. The third-order valence-electron chi connectivity index (χ3n) is 3.77. The summed E-state index contributed by atoms with van der Waals surface area (Å²) in [5.41, 5.74) is 2.87. The summed E-state index contributed by atoms with van der Waals surface area (Å²) in [6, 6.07) is 13.3. The molecule has 4 nitrogen and oxygen atoms in total. The van der Waals surface area contributed by atoms with E-state index in [0.717, 1.165) is 33.1 Å². The second-order valence-corrected chi connectivity index (χ2v) is 6.07. The Bertz CT molecular complexity index is 842. The number of carbonyl (C=O) groups is 1. The van der Waals surface area contributed by atoms with E-state index in [1.54, 1.807) is 13.2 Å². The molecule has 5 heteroatoms. The number of amides is 1. The second-order valence-electron chi connectivity index (χ2n) is 5.21. The lowest BCUT2D eigenvalue weighted by Gasteiger charge is -2.07. The lowest BCUT2D eigenvalue weighted by molar-refractivity contribution is 0.0953. The first-order chi connectivity index (χ1) is 11.2. The van der Waals surface area contributed by atoms with Crippen LogP contribution in [0.1, 0.15) is 15.9 Å². The second kappa shape index (κ2) is 6.87. The molecule has 0 saturated heterocycles. The van der Waals surface area contributed by atoms with Gasteiger partial charge in [-0.2, -0.15) is 0 Å². The van der Waals surface area contributed by atoms with Crippen LogP contribution in [-0.2, 0) is 6.42 Å². The summed E-state index contributed by atoms with van der Waals surface area (Å²) in [6.07, 6.45) is 2.73. The molecule has 0 fully saturated rings.